The third-order valence-corrected chi connectivity index (χ3v) is 3.92. The van der Waals surface area contributed by atoms with E-state index in [9.17, 15) is 9.90 Å². The second kappa shape index (κ2) is 9.57. The Hall–Kier alpha value is -1.69. The van der Waals surface area contributed by atoms with Crippen LogP contribution in [0.4, 0.5) is 0 Å². The summed E-state index contributed by atoms with van der Waals surface area (Å²) in [5.41, 5.74) is 1.60. The molecule has 132 valence electrons. The van der Waals surface area contributed by atoms with Crippen molar-refractivity contribution in [3.8, 4) is 0 Å². The number of likely N-dealkylation sites (N-methyl/N-ethyl adjacent to an activating group) is 1. The van der Waals surface area contributed by atoms with Crippen LogP contribution in [0, 0.1) is 0 Å². The highest BCUT2D eigenvalue weighted by molar-refractivity contribution is 6.03. The fourth-order valence-corrected chi connectivity index (χ4v) is 2.46. The summed E-state index contributed by atoms with van der Waals surface area (Å²) in [7, 11) is 0. The summed E-state index contributed by atoms with van der Waals surface area (Å²) in [6.07, 6.45) is -0.734. The van der Waals surface area contributed by atoms with Gasteiger partial charge in [0.15, 0.2) is 0 Å². The van der Waals surface area contributed by atoms with E-state index in [2.05, 4.69) is 23.7 Å². The lowest BCUT2D eigenvalue weighted by Crippen LogP contribution is -2.28. The number of nitrogens with zero attached hydrogens (tertiary/aromatic N) is 2. The van der Waals surface area contributed by atoms with Crippen molar-refractivity contribution in [3.05, 3.63) is 41.6 Å². The van der Waals surface area contributed by atoms with Gasteiger partial charge in [-0.25, -0.2) is 4.79 Å². The average Bonchev–Trinajstić information content (AvgIpc) is 2.57. The standard InChI is InChI=1S/C18H24N2O3.ClH/c1-4-20(5-2)10-11-23-18(22)15-12-17(13(3)21)19-16-9-7-6-8-14(15)16;/h6-9,12-13,21H,4-5,10-11H2,1-3H3;1H. The number of pyridine rings is 1. The van der Waals surface area contributed by atoms with Crippen LogP contribution in [0.3, 0.4) is 0 Å². The monoisotopic (exact) mass is 352 g/mol. The lowest BCUT2D eigenvalue weighted by Gasteiger charge is -2.18. The van der Waals surface area contributed by atoms with Gasteiger partial charge in [-0.3, -0.25) is 4.98 Å². The molecule has 6 heteroatoms. The molecule has 1 unspecified atom stereocenters. The molecule has 0 aliphatic rings. The zero-order chi connectivity index (χ0) is 16.8. The van der Waals surface area contributed by atoms with Crippen LogP contribution in [0.15, 0.2) is 30.3 Å². The van der Waals surface area contributed by atoms with Gasteiger partial charge in [0.25, 0.3) is 0 Å². The van der Waals surface area contributed by atoms with E-state index in [4.69, 9.17) is 4.74 Å². The molecule has 1 N–H and O–H groups in total. The maximum atomic E-state index is 12.4. The predicted molar refractivity (Wildman–Crippen MR) is 97.7 cm³/mol. The SMILES string of the molecule is CCN(CC)CCOC(=O)c1cc(C(C)O)nc2ccccc12.Cl. The number of aromatic nitrogens is 1. The number of benzene rings is 1. The fraction of sp³-hybridized carbons (Fsp3) is 0.444. The molecular weight excluding hydrogens is 328 g/mol. The maximum Gasteiger partial charge on any atom is 0.338 e. The lowest BCUT2D eigenvalue weighted by molar-refractivity contribution is 0.0468. The number of halogens is 1. The van der Waals surface area contributed by atoms with Crippen molar-refractivity contribution in [2.45, 2.75) is 26.9 Å². The molecule has 0 aliphatic carbocycles. The van der Waals surface area contributed by atoms with Gasteiger partial charge in [0.05, 0.1) is 22.9 Å². The number of aliphatic hydroxyl groups is 1. The summed E-state index contributed by atoms with van der Waals surface area (Å²) in [6, 6.07) is 9.01. The van der Waals surface area contributed by atoms with Crippen molar-refractivity contribution in [1.82, 2.24) is 9.88 Å². The van der Waals surface area contributed by atoms with Crippen molar-refractivity contribution < 1.29 is 14.6 Å². The van der Waals surface area contributed by atoms with Crippen LogP contribution in [0.2, 0.25) is 0 Å². The molecule has 0 spiro atoms. The van der Waals surface area contributed by atoms with Gasteiger partial charge in [-0.15, -0.1) is 12.4 Å². The molecule has 24 heavy (non-hydrogen) atoms. The molecule has 2 rings (SSSR count). The van der Waals surface area contributed by atoms with E-state index in [0.29, 0.717) is 29.9 Å². The molecule has 0 saturated carbocycles. The first kappa shape index (κ1) is 20.4. The highest BCUT2D eigenvalue weighted by Gasteiger charge is 2.16. The molecule has 0 amide bonds. The Kier molecular flexibility index (Phi) is 8.11. The van der Waals surface area contributed by atoms with Crippen LogP contribution in [0.1, 0.15) is 42.9 Å². The summed E-state index contributed by atoms with van der Waals surface area (Å²) in [6.45, 7) is 8.71. The van der Waals surface area contributed by atoms with Gasteiger partial charge in [0, 0.05) is 11.9 Å². The maximum absolute atomic E-state index is 12.4. The van der Waals surface area contributed by atoms with E-state index < -0.39 is 6.10 Å². The van der Waals surface area contributed by atoms with Gasteiger partial charge in [0.1, 0.15) is 6.61 Å². The van der Waals surface area contributed by atoms with E-state index in [1.807, 2.05) is 24.3 Å². The predicted octanol–water partition coefficient (Wildman–Crippen LogP) is 3.21. The van der Waals surface area contributed by atoms with Crippen molar-refractivity contribution in [2.24, 2.45) is 0 Å². The molecule has 0 bridgehead atoms. The van der Waals surface area contributed by atoms with Gasteiger partial charge < -0.3 is 14.7 Å². The minimum atomic E-state index is -0.734. The molecular formula is C18H25ClN2O3. The molecule has 0 aliphatic heterocycles. The number of hydrogen-bond acceptors (Lipinski definition) is 5. The molecule has 2 aromatic rings. The van der Waals surface area contributed by atoms with Crippen LogP contribution in [0.5, 0.6) is 0 Å². The van der Waals surface area contributed by atoms with Crippen molar-refractivity contribution in [3.63, 3.8) is 0 Å². The lowest BCUT2D eigenvalue weighted by atomic mass is 10.1. The Labute approximate surface area is 149 Å². The van der Waals surface area contributed by atoms with Crippen molar-refractivity contribution >= 4 is 29.3 Å². The molecule has 1 heterocycles. The second-order valence-corrected chi connectivity index (χ2v) is 5.45. The number of ether oxygens (including phenoxy) is 1. The van der Waals surface area contributed by atoms with Crippen LogP contribution >= 0.6 is 12.4 Å². The van der Waals surface area contributed by atoms with Gasteiger partial charge in [-0.05, 0) is 32.1 Å². The average molecular weight is 353 g/mol. The molecule has 5 nitrogen and oxygen atoms in total. The minimum absolute atomic E-state index is 0. The van der Waals surface area contributed by atoms with Gasteiger partial charge in [-0.2, -0.15) is 0 Å². The third-order valence-electron chi connectivity index (χ3n) is 3.92. The van der Waals surface area contributed by atoms with E-state index in [0.717, 1.165) is 18.5 Å². The zero-order valence-electron chi connectivity index (χ0n) is 14.4. The van der Waals surface area contributed by atoms with Crippen molar-refractivity contribution in [2.75, 3.05) is 26.2 Å². The number of para-hydroxylation sites is 1. The van der Waals surface area contributed by atoms with E-state index >= 15 is 0 Å². The summed E-state index contributed by atoms with van der Waals surface area (Å²) < 4.78 is 5.42. The van der Waals surface area contributed by atoms with Gasteiger partial charge in [0.2, 0.25) is 0 Å². The molecule has 1 aromatic heterocycles. The third kappa shape index (κ3) is 4.90. The zero-order valence-corrected chi connectivity index (χ0v) is 15.2. The second-order valence-electron chi connectivity index (χ2n) is 5.45. The molecule has 1 atom stereocenters. The van der Waals surface area contributed by atoms with E-state index in [1.54, 1.807) is 13.0 Å². The first-order chi connectivity index (χ1) is 11.1. The summed E-state index contributed by atoms with van der Waals surface area (Å²) in [5.74, 6) is -0.377. The summed E-state index contributed by atoms with van der Waals surface area (Å²) >= 11 is 0. The van der Waals surface area contributed by atoms with E-state index in [1.165, 1.54) is 0 Å². The highest BCUT2D eigenvalue weighted by atomic mass is 35.5. The summed E-state index contributed by atoms with van der Waals surface area (Å²) in [5, 5.41) is 10.5. The number of aliphatic hydroxyl groups excluding tert-OH is 1. The first-order valence-electron chi connectivity index (χ1n) is 8.04. The Bertz CT molecular complexity index is 672. The van der Waals surface area contributed by atoms with Crippen LogP contribution in [-0.2, 0) is 4.74 Å². The highest BCUT2D eigenvalue weighted by Crippen LogP contribution is 2.22. The van der Waals surface area contributed by atoms with Gasteiger partial charge >= 0.3 is 5.97 Å². The van der Waals surface area contributed by atoms with E-state index in [-0.39, 0.29) is 18.4 Å². The fourth-order valence-electron chi connectivity index (χ4n) is 2.46. The van der Waals surface area contributed by atoms with Crippen molar-refractivity contribution in [1.29, 1.82) is 0 Å². The first-order valence-corrected chi connectivity index (χ1v) is 8.04. The molecule has 0 radical (unpaired) electrons. The smallest absolute Gasteiger partial charge is 0.338 e. The van der Waals surface area contributed by atoms with Crippen LogP contribution < -0.4 is 0 Å². The Morgan fingerprint density at radius 3 is 2.58 bits per heavy atom. The Balaban J connectivity index is 0.00000288. The normalized spacial score (nSPS) is 12.0. The number of carbonyl (C=O) groups excluding carboxylic acids is 1. The molecule has 0 fully saturated rings. The van der Waals surface area contributed by atoms with Crippen LogP contribution in [0.25, 0.3) is 10.9 Å². The number of fused-ring (bicyclic) bond motifs is 1. The number of esters is 1. The number of carbonyl (C=O) groups is 1. The van der Waals surface area contributed by atoms with Gasteiger partial charge in [-0.1, -0.05) is 32.0 Å². The Morgan fingerprint density at radius 1 is 1.29 bits per heavy atom. The quantitative estimate of drug-likeness (QED) is 0.775. The number of hydrogen-bond donors (Lipinski definition) is 1. The largest absolute Gasteiger partial charge is 0.461 e. The minimum Gasteiger partial charge on any atom is -0.461 e. The number of rotatable bonds is 7. The summed E-state index contributed by atoms with van der Waals surface area (Å²) in [4.78, 5) is 19.0. The van der Waals surface area contributed by atoms with Crippen LogP contribution in [-0.4, -0.2) is 47.2 Å². The topological polar surface area (TPSA) is 62.7 Å². The molecule has 0 saturated heterocycles. The molecule has 1 aromatic carbocycles. The Morgan fingerprint density at radius 2 is 1.96 bits per heavy atom.